The molecule has 1 aromatic heterocycles. The second kappa shape index (κ2) is 3.72. The molecule has 0 aliphatic heterocycles. The van der Waals surface area contributed by atoms with Crippen LogP contribution in [0.1, 0.15) is 11.1 Å². The summed E-state index contributed by atoms with van der Waals surface area (Å²) in [7, 11) is 0. The van der Waals surface area contributed by atoms with Gasteiger partial charge in [0.05, 0.1) is 6.20 Å². The topological polar surface area (TPSA) is 74.9 Å². The zero-order valence-electron chi connectivity index (χ0n) is 9.00. The molecule has 0 aliphatic rings. The maximum atomic E-state index is 10.1. The lowest BCUT2D eigenvalue weighted by Crippen LogP contribution is -1.92. The van der Waals surface area contributed by atoms with Crippen LogP contribution in [-0.2, 0) is 0 Å². The molecule has 4 nitrogen and oxygen atoms in total. The molecule has 16 heavy (non-hydrogen) atoms. The standard InChI is InChI=1S/C11H12ClN3O/c1-5-3-8(12)6(2)10(16)9(5)7-4-14-15-11(7)13/h3-4,16H,1-2H3,(H3,13,14,15). The van der Waals surface area contributed by atoms with Gasteiger partial charge in [0.2, 0.25) is 0 Å². The van der Waals surface area contributed by atoms with Gasteiger partial charge in [0.1, 0.15) is 11.6 Å². The van der Waals surface area contributed by atoms with Gasteiger partial charge in [-0.25, -0.2) is 0 Å². The predicted molar refractivity (Wildman–Crippen MR) is 64.6 cm³/mol. The van der Waals surface area contributed by atoms with Gasteiger partial charge in [-0.2, -0.15) is 5.10 Å². The van der Waals surface area contributed by atoms with E-state index in [1.165, 1.54) is 0 Å². The zero-order chi connectivity index (χ0) is 11.9. The maximum Gasteiger partial charge on any atom is 0.128 e. The molecule has 0 fully saturated rings. The Morgan fingerprint density at radius 2 is 2.12 bits per heavy atom. The number of nitrogen functional groups attached to an aromatic ring is 1. The Bertz CT molecular complexity index is 548. The number of aryl methyl sites for hydroxylation is 1. The summed E-state index contributed by atoms with van der Waals surface area (Å²) in [5.41, 5.74) is 8.60. The summed E-state index contributed by atoms with van der Waals surface area (Å²) < 4.78 is 0. The van der Waals surface area contributed by atoms with Crippen molar-refractivity contribution in [3.8, 4) is 16.9 Å². The number of phenolic OH excluding ortho intramolecular Hbond substituents is 1. The maximum absolute atomic E-state index is 10.1. The van der Waals surface area contributed by atoms with Crippen LogP contribution >= 0.6 is 11.6 Å². The fourth-order valence-electron chi connectivity index (χ4n) is 1.69. The Hall–Kier alpha value is -1.68. The largest absolute Gasteiger partial charge is 0.507 e. The number of benzene rings is 1. The third kappa shape index (κ3) is 1.51. The molecule has 1 heterocycles. The Morgan fingerprint density at radius 1 is 1.44 bits per heavy atom. The minimum absolute atomic E-state index is 0.151. The number of nitrogens with two attached hydrogens (primary N) is 1. The molecule has 0 saturated carbocycles. The normalized spacial score (nSPS) is 10.7. The Balaban J connectivity index is 2.76. The summed E-state index contributed by atoms with van der Waals surface area (Å²) in [6.45, 7) is 3.63. The van der Waals surface area contributed by atoms with Gasteiger partial charge in [0.15, 0.2) is 0 Å². The molecule has 2 aromatic rings. The summed E-state index contributed by atoms with van der Waals surface area (Å²) in [5, 5.41) is 17.1. The average molecular weight is 238 g/mol. The van der Waals surface area contributed by atoms with Crippen LogP contribution in [-0.4, -0.2) is 15.3 Å². The van der Waals surface area contributed by atoms with E-state index in [9.17, 15) is 5.11 Å². The molecule has 0 spiro atoms. The molecule has 0 radical (unpaired) electrons. The third-order valence-corrected chi connectivity index (χ3v) is 3.02. The second-order valence-corrected chi connectivity index (χ2v) is 4.13. The first kappa shape index (κ1) is 10.8. The van der Waals surface area contributed by atoms with Crippen LogP contribution < -0.4 is 5.73 Å². The summed E-state index contributed by atoms with van der Waals surface area (Å²) in [6.07, 6.45) is 1.59. The minimum Gasteiger partial charge on any atom is -0.507 e. The van der Waals surface area contributed by atoms with E-state index < -0.39 is 0 Å². The average Bonchev–Trinajstić information content (AvgIpc) is 2.62. The van der Waals surface area contributed by atoms with Gasteiger partial charge in [-0.15, -0.1) is 0 Å². The van der Waals surface area contributed by atoms with Crippen molar-refractivity contribution in [1.29, 1.82) is 0 Å². The highest BCUT2D eigenvalue weighted by Gasteiger charge is 2.16. The van der Waals surface area contributed by atoms with Crippen LogP contribution in [0.15, 0.2) is 12.3 Å². The fraction of sp³-hybridized carbons (Fsp3) is 0.182. The number of hydrogen-bond acceptors (Lipinski definition) is 3. The molecule has 0 aliphatic carbocycles. The first-order valence-corrected chi connectivity index (χ1v) is 5.18. The highest BCUT2D eigenvalue weighted by Crippen LogP contribution is 2.40. The predicted octanol–water partition coefficient (Wildman–Crippen LogP) is 2.63. The van der Waals surface area contributed by atoms with Crippen LogP contribution in [0, 0.1) is 13.8 Å². The van der Waals surface area contributed by atoms with Crippen molar-refractivity contribution >= 4 is 17.4 Å². The van der Waals surface area contributed by atoms with Gasteiger partial charge in [-0.1, -0.05) is 11.6 Å². The van der Waals surface area contributed by atoms with E-state index in [-0.39, 0.29) is 5.75 Å². The Labute approximate surface area is 98.1 Å². The molecule has 0 saturated heterocycles. The van der Waals surface area contributed by atoms with Gasteiger partial charge < -0.3 is 10.8 Å². The lowest BCUT2D eigenvalue weighted by Gasteiger charge is -2.11. The smallest absolute Gasteiger partial charge is 0.128 e. The number of halogens is 1. The number of aromatic hydroxyl groups is 1. The lowest BCUT2D eigenvalue weighted by molar-refractivity contribution is 0.473. The van der Waals surface area contributed by atoms with E-state index in [1.54, 1.807) is 19.2 Å². The second-order valence-electron chi connectivity index (χ2n) is 3.72. The van der Waals surface area contributed by atoms with Crippen molar-refractivity contribution in [2.75, 3.05) is 5.73 Å². The molecule has 0 amide bonds. The van der Waals surface area contributed by atoms with Crippen molar-refractivity contribution in [3.63, 3.8) is 0 Å². The summed E-state index contributed by atoms with van der Waals surface area (Å²) in [4.78, 5) is 0. The Morgan fingerprint density at radius 3 is 2.69 bits per heavy atom. The molecule has 84 valence electrons. The van der Waals surface area contributed by atoms with Gasteiger partial charge >= 0.3 is 0 Å². The van der Waals surface area contributed by atoms with Crippen LogP contribution in [0.5, 0.6) is 5.75 Å². The first-order valence-electron chi connectivity index (χ1n) is 4.80. The molecule has 5 heteroatoms. The number of nitrogens with zero attached hydrogens (tertiary/aromatic N) is 1. The highest BCUT2D eigenvalue weighted by atomic mass is 35.5. The quantitative estimate of drug-likeness (QED) is 0.714. The number of aromatic nitrogens is 2. The number of H-pyrrole nitrogens is 1. The van der Waals surface area contributed by atoms with Crippen molar-refractivity contribution in [2.45, 2.75) is 13.8 Å². The summed E-state index contributed by atoms with van der Waals surface area (Å²) in [5.74, 6) is 0.582. The molecular weight excluding hydrogens is 226 g/mol. The molecule has 2 rings (SSSR count). The van der Waals surface area contributed by atoms with E-state index in [1.807, 2.05) is 6.92 Å². The van der Waals surface area contributed by atoms with E-state index in [0.717, 1.165) is 5.56 Å². The van der Waals surface area contributed by atoms with Gasteiger partial charge in [-0.05, 0) is 25.5 Å². The van der Waals surface area contributed by atoms with Gasteiger partial charge in [-0.3, -0.25) is 5.10 Å². The highest BCUT2D eigenvalue weighted by molar-refractivity contribution is 6.31. The molecule has 4 N–H and O–H groups in total. The molecule has 1 aromatic carbocycles. The number of rotatable bonds is 1. The van der Waals surface area contributed by atoms with E-state index in [0.29, 0.717) is 27.5 Å². The van der Waals surface area contributed by atoms with Crippen molar-refractivity contribution in [3.05, 3.63) is 28.4 Å². The van der Waals surface area contributed by atoms with Crippen LogP contribution in [0.2, 0.25) is 5.02 Å². The number of hydrogen-bond donors (Lipinski definition) is 3. The lowest BCUT2D eigenvalue weighted by atomic mass is 9.98. The summed E-state index contributed by atoms with van der Waals surface area (Å²) >= 11 is 5.98. The molecule has 0 atom stereocenters. The SMILES string of the molecule is Cc1cc(Cl)c(C)c(O)c1-c1cn[nH]c1N. The van der Waals surface area contributed by atoms with Crippen molar-refractivity contribution < 1.29 is 5.11 Å². The number of anilines is 1. The Kier molecular flexibility index (Phi) is 2.52. The van der Waals surface area contributed by atoms with Gasteiger partial charge in [0, 0.05) is 21.7 Å². The van der Waals surface area contributed by atoms with Crippen molar-refractivity contribution in [2.24, 2.45) is 0 Å². The number of nitrogens with one attached hydrogen (secondary N) is 1. The minimum atomic E-state index is 0.151. The van der Waals surface area contributed by atoms with E-state index >= 15 is 0 Å². The van der Waals surface area contributed by atoms with Gasteiger partial charge in [0.25, 0.3) is 0 Å². The summed E-state index contributed by atoms with van der Waals surface area (Å²) in [6, 6.07) is 1.80. The van der Waals surface area contributed by atoms with Crippen LogP contribution in [0.25, 0.3) is 11.1 Å². The first-order chi connectivity index (χ1) is 7.52. The fourth-order valence-corrected chi connectivity index (χ4v) is 1.95. The van der Waals surface area contributed by atoms with Crippen molar-refractivity contribution in [1.82, 2.24) is 10.2 Å². The number of phenols is 1. The monoisotopic (exact) mass is 237 g/mol. The zero-order valence-corrected chi connectivity index (χ0v) is 9.76. The third-order valence-electron chi connectivity index (χ3n) is 2.63. The van der Waals surface area contributed by atoms with E-state index in [2.05, 4.69) is 10.2 Å². The van der Waals surface area contributed by atoms with E-state index in [4.69, 9.17) is 17.3 Å². The molecular formula is C11H12ClN3O. The molecule has 0 unspecified atom stereocenters. The van der Waals surface area contributed by atoms with Crippen LogP contribution in [0.4, 0.5) is 5.82 Å². The molecule has 0 bridgehead atoms. The number of aromatic amines is 1. The van der Waals surface area contributed by atoms with Crippen LogP contribution in [0.3, 0.4) is 0 Å².